The molecule has 0 aliphatic carbocycles. The quantitative estimate of drug-likeness (QED) is 0.727. The fraction of sp³-hybridized carbons (Fsp3) is 0.176. The SMILES string of the molecule is CC(=O)Oc1cc(-c2c[nH]c3cc(C)ccc23)cnc1C. The average molecular weight is 280 g/mol. The average Bonchev–Trinajstić information content (AvgIpc) is 2.83. The number of esters is 1. The molecular formula is C17H16N2O2. The van der Waals surface area contributed by atoms with Gasteiger partial charge in [-0.1, -0.05) is 12.1 Å². The molecule has 0 amide bonds. The number of nitrogens with one attached hydrogen (secondary N) is 1. The topological polar surface area (TPSA) is 55.0 Å². The fourth-order valence-electron chi connectivity index (χ4n) is 2.40. The number of H-pyrrole nitrogens is 1. The van der Waals surface area contributed by atoms with Gasteiger partial charge in [-0.2, -0.15) is 0 Å². The van der Waals surface area contributed by atoms with Crippen LogP contribution in [0.5, 0.6) is 5.75 Å². The first-order valence-electron chi connectivity index (χ1n) is 6.78. The van der Waals surface area contributed by atoms with E-state index in [0.717, 1.165) is 22.0 Å². The molecule has 0 radical (unpaired) electrons. The van der Waals surface area contributed by atoms with Crippen molar-refractivity contribution in [1.82, 2.24) is 9.97 Å². The summed E-state index contributed by atoms with van der Waals surface area (Å²) in [7, 11) is 0. The monoisotopic (exact) mass is 280 g/mol. The Labute approximate surface area is 122 Å². The van der Waals surface area contributed by atoms with E-state index in [2.05, 4.69) is 35.1 Å². The standard InChI is InChI=1S/C17H16N2O2/c1-10-4-5-14-15(9-19-16(14)6-10)13-7-17(21-12(3)20)11(2)18-8-13/h4-9,19H,1-3H3. The van der Waals surface area contributed by atoms with Gasteiger partial charge in [0.25, 0.3) is 0 Å². The van der Waals surface area contributed by atoms with Crippen LogP contribution in [0, 0.1) is 13.8 Å². The lowest BCUT2D eigenvalue weighted by atomic mass is 10.0. The highest BCUT2D eigenvalue weighted by Gasteiger charge is 2.10. The zero-order valence-corrected chi connectivity index (χ0v) is 12.2. The van der Waals surface area contributed by atoms with Crippen LogP contribution in [-0.2, 0) is 4.79 Å². The van der Waals surface area contributed by atoms with Crippen LogP contribution in [0.25, 0.3) is 22.0 Å². The first-order valence-corrected chi connectivity index (χ1v) is 6.78. The molecule has 4 heteroatoms. The van der Waals surface area contributed by atoms with Crippen LogP contribution in [0.1, 0.15) is 18.2 Å². The Morgan fingerprint density at radius 2 is 2.05 bits per heavy atom. The molecule has 0 aliphatic rings. The third kappa shape index (κ3) is 2.52. The van der Waals surface area contributed by atoms with Crippen LogP contribution in [-0.4, -0.2) is 15.9 Å². The fourth-order valence-corrected chi connectivity index (χ4v) is 2.40. The summed E-state index contributed by atoms with van der Waals surface area (Å²) >= 11 is 0. The molecule has 0 saturated heterocycles. The van der Waals surface area contributed by atoms with Gasteiger partial charge < -0.3 is 9.72 Å². The lowest BCUT2D eigenvalue weighted by Crippen LogP contribution is -2.03. The molecule has 106 valence electrons. The van der Waals surface area contributed by atoms with Crippen molar-refractivity contribution in [3.8, 4) is 16.9 Å². The Bertz CT molecular complexity index is 834. The van der Waals surface area contributed by atoms with Crippen molar-refractivity contribution in [3.63, 3.8) is 0 Å². The molecule has 0 spiro atoms. The van der Waals surface area contributed by atoms with Crippen LogP contribution in [0.4, 0.5) is 0 Å². The second-order valence-electron chi connectivity index (χ2n) is 5.15. The van der Waals surface area contributed by atoms with Gasteiger partial charge in [0, 0.05) is 41.3 Å². The maximum Gasteiger partial charge on any atom is 0.308 e. The van der Waals surface area contributed by atoms with Gasteiger partial charge >= 0.3 is 5.97 Å². The molecule has 3 rings (SSSR count). The Hall–Kier alpha value is -2.62. The minimum atomic E-state index is -0.341. The van der Waals surface area contributed by atoms with Crippen LogP contribution in [0.2, 0.25) is 0 Å². The Balaban J connectivity index is 2.12. The molecule has 0 bridgehead atoms. The predicted octanol–water partition coefficient (Wildman–Crippen LogP) is 3.77. The van der Waals surface area contributed by atoms with Crippen molar-refractivity contribution in [2.75, 3.05) is 0 Å². The van der Waals surface area contributed by atoms with Gasteiger partial charge in [-0.25, -0.2) is 0 Å². The number of benzene rings is 1. The van der Waals surface area contributed by atoms with Crippen LogP contribution in [0.3, 0.4) is 0 Å². The molecule has 2 aromatic heterocycles. The lowest BCUT2D eigenvalue weighted by Gasteiger charge is -2.07. The zero-order valence-electron chi connectivity index (χ0n) is 12.2. The van der Waals surface area contributed by atoms with Gasteiger partial charge in [-0.05, 0) is 31.5 Å². The molecule has 0 saturated carbocycles. The van der Waals surface area contributed by atoms with E-state index in [-0.39, 0.29) is 5.97 Å². The highest BCUT2D eigenvalue weighted by molar-refractivity contribution is 5.95. The summed E-state index contributed by atoms with van der Waals surface area (Å²) in [5.41, 5.74) is 4.96. The van der Waals surface area contributed by atoms with Crippen molar-refractivity contribution >= 4 is 16.9 Å². The van der Waals surface area contributed by atoms with Gasteiger partial charge in [0.05, 0.1) is 5.69 Å². The number of carbonyl (C=O) groups excluding carboxylic acids is 1. The predicted molar refractivity (Wildman–Crippen MR) is 82.3 cm³/mol. The number of nitrogens with zero attached hydrogens (tertiary/aromatic N) is 1. The maximum absolute atomic E-state index is 11.2. The van der Waals surface area contributed by atoms with E-state index < -0.39 is 0 Å². The normalized spacial score (nSPS) is 10.8. The summed E-state index contributed by atoms with van der Waals surface area (Å²) < 4.78 is 5.20. The van der Waals surface area contributed by atoms with Gasteiger partial charge in [0.1, 0.15) is 0 Å². The van der Waals surface area contributed by atoms with E-state index in [4.69, 9.17) is 4.74 Å². The number of pyridine rings is 1. The van der Waals surface area contributed by atoms with E-state index in [1.165, 1.54) is 12.5 Å². The van der Waals surface area contributed by atoms with Crippen molar-refractivity contribution < 1.29 is 9.53 Å². The van der Waals surface area contributed by atoms with Gasteiger partial charge in [0.15, 0.2) is 5.75 Å². The molecule has 21 heavy (non-hydrogen) atoms. The summed E-state index contributed by atoms with van der Waals surface area (Å²) in [6, 6.07) is 8.12. The van der Waals surface area contributed by atoms with Crippen LogP contribution in [0.15, 0.2) is 36.7 Å². The largest absolute Gasteiger partial charge is 0.425 e. The molecule has 4 nitrogen and oxygen atoms in total. The molecule has 1 aromatic carbocycles. The number of aromatic amines is 1. The first kappa shape index (κ1) is 13.4. The third-order valence-electron chi connectivity index (χ3n) is 3.44. The first-order chi connectivity index (χ1) is 10.0. The van der Waals surface area contributed by atoms with Gasteiger partial charge in [-0.15, -0.1) is 0 Å². The number of fused-ring (bicyclic) bond motifs is 1. The minimum absolute atomic E-state index is 0.341. The summed E-state index contributed by atoms with van der Waals surface area (Å²) in [6.45, 7) is 5.27. The molecule has 1 N–H and O–H groups in total. The van der Waals surface area contributed by atoms with E-state index in [0.29, 0.717) is 11.4 Å². The van der Waals surface area contributed by atoms with Crippen molar-refractivity contribution in [2.45, 2.75) is 20.8 Å². The Morgan fingerprint density at radius 1 is 1.24 bits per heavy atom. The van der Waals surface area contributed by atoms with E-state index in [9.17, 15) is 4.79 Å². The van der Waals surface area contributed by atoms with E-state index in [1.807, 2.05) is 19.2 Å². The second-order valence-corrected chi connectivity index (χ2v) is 5.15. The van der Waals surface area contributed by atoms with E-state index >= 15 is 0 Å². The lowest BCUT2D eigenvalue weighted by molar-refractivity contribution is -0.131. The molecule has 0 atom stereocenters. The van der Waals surface area contributed by atoms with Crippen molar-refractivity contribution in [1.29, 1.82) is 0 Å². The molecule has 0 unspecified atom stereocenters. The van der Waals surface area contributed by atoms with Gasteiger partial charge in [-0.3, -0.25) is 9.78 Å². The number of ether oxygens (including phenoxy) is 1. The summed E-state index contributed by atoms with van der Waals surface area (Å²) in [4.78, 5) is 18.7. The molecule has 3 aromatic rings. The van der Waals surface area contributed by atoms with Crippen LogP contribution >= 0.6 is 0 Å². The molecule has 0 aliphatic heterocycles. The molecule has 0 fully saturated rings. The third-order valence-corrected chi connectivity index (χ3v) is 3.44. The molecule has 2 heterocycles. The number of aromatic nitrogens is 2. The molecular weight excluding hydrogens is 264 g/mol. The number of aryl methyl sites for hydroxylation is 2. The number of rotatable bonds is 2. The van der Waals surface area contributed by atoms with Crippen LogP contribution < -0.4 is 4.74 Å². The maximum atomic E-state index is 11.2. The smallest absolute Gasteiger partial charge is 0.308 e. The number of hydrogen-bond donors (Lipinski definition) is 1. The number of hydrogen-bond acceptors (Lipinski definition) is 3. The number of carbonyl (C=O) groups is 1. The zero-order chi connectivity index (χ0) is 15.0. The Kier molecular flexibility index (Phi) is 3.22. The van der Waals surface area contributed by atoms with Crippen molar-refractivity contribution in [2.24, 2.45) is 0 Å². The minimum Gasteiger partial charge on any atom is -0.425 e. The van der Waals surface area contributed by atoms with E-state index in [1.54, 1.807) is 6.20 Å². The van der Waals surface area contributed by atoms with Gasteiger partial charge in [0.2, 0.25) is 0 Å². The van der Waals surface area contributed by atoms with Crippen molar-refractivity contribution in [3.05, 3.63) is 47.9 Å². The summed E-state index contributed by atoms with van der Waals surface area (Å²) in [6.07, 6.45) is 3.75. The summed E-state index contributed by atoms with van der Waals surface area (Å²) in [5, 5.41) is 1.13. The highest BCUT2D eigenvalue weighted by Crippen LogP contribution is 2.31. The Morgan fingerprint density at radius 3 is 2.81 bits per heavy atom. The summed E-state index contributed by atoms with van der Waals surface area (Å²) in [5.74, 6) is 0.160. The second kappa shape index (κ2) is 5.05. The highest BCUT2D eigenvalue weighted by atomic mass is 16.5.